The predicted molar refractivity (Wildman–Crippen MR) is 102 cm³/mol. The summed E-state index contributed by atoms with van der Waals surface area (Å²) in [6.45, 7) is 2.15. The Bertz CT molecular complexity index is 846. The predicted octanol–water partition coefficient (Wildman–Crippen LogP) is 4.41. The van der Waals surface area contributed by atoms with Crippen LogP contribution in [0, 0.1) is 0 Å². The number of hydrogen-bond acceptors (Lipinski definition) is 3. The molecule has 2 aromatic heterocycles. The molecule has 0 saturated carbocycles. The van der Waals surface area contributed by atoms with Gasteiger partial charge in [-0.15, -0.1) is 0 Å². The highest BCUT2D eigenvalue weighted by Crippen LogP contribution is 2.41. The molecule has 4 nitrogen and oxygen atoms in total. The van der Waals surface area contributed by atoms with Crippen LogP contribution in [-0.2, 0) is 6.42 Å². The Morgan fingerprint density at radius 3 is 2.60 bits per heavy atom. The molecular formula is C20H19N3OS. The van der Waals surface area contributed by atoms with Gasteiger partial charge in [0, 0.05) is 11.9 Å². The fourth-order valence-electron chi connectivity index (χ4n) is 3.27. The third kappa shape index (κ3) is 2.91. The van der Waals surface area contributed by atoms with E-state index in [0.29, 0.717) is 5.11 Å². The second-order valence-electron chi connectivity index (χ2n) is 6.03. The van der Waals surface area contributed by atoms with Gasteiger partial charge in [-0.3, -0.25) is 4.98 Å². The minimum atomic E-state index is -0.0788. The number of aryl methyl sites for hydroxylation is 1. The third-order valence-electron chi connectivity index (χ3n) is 4.56. The lowest BCUT2D eigenvalue weighted by molar-refractivity contribution is 0.432. The summed E-state index contributed by atoms with van der Waals surface area (Å²) >= 11 is 5.66. The standard InChI is InChI=1S/C20H19N3OS/c1-2-14-8-10-15(11-9-14)23-19(17-7-5-13-24-17)18(22-20(23)25)16-6-3-4-12-21-16/h3-13,18-19H,2H2,1H3,(H,22,25)/t18-,19-/m0/s1. The number of nitrogens with zero attached hydrogens (tertiary/aromatic N) is 2. The maximum Gasteiger partial charge on any atom is 0.174 e. The Morgan fingerprint density at radius 2 is 1.96 bits per heavy atom. The van der Waals surface area contributed by atoms with E-state index < -0.39 is 0 Å². The van der Waals surface area contributed by atoms with Gasteiger partial charge in [-0.1, -0.05) is 25.1 Å². The molecule has 0 bridgehead atoms. The number of furan rings is 1. The van der Waals surface area contributed by atoms with Crippen molar-refractivity contribution < 1.29 is 4.42 Å². The molecule has 1 N–H and O–H groups in total. The van der Waals surface area contributed by atoms with Crippen LogP contribution in [0.5, 0.6) is 0 Å². The topological polar surface area (TPSA) is 41.3 Å². The number of benzene rings is 1. The maximum atomic E-state index is 5.75. The monoisotopic (exact) mass is 349 g/mol. The normalized spacial score (nSPS) is 19.9. The molecule has 0 aliphatic carbocycles. The summed E-state index contributed by atoms with van der Waals surface area (Å²) in [5.74, 6) is 0.863. The van der Waals surface area contributed by atoms with Gasteiger partial charge in [0.15, 0.2) is 5.11 Å². The van der Waals surface area contributed by atoms with Gasteiger partial charge in [-0.05, 0) is 60.6 Å². The number of rotatable bonds is 4. The molecule has 1 fully saturated rings. The van der Waals surface area contributed by atoms with E-state index in [1.165, 1.54) is 5.56 Å². The van der Waals surface area contributed by atoms with Crippen molar-refractivity contribution in [3.8, 4) is 0 Å². The van der Waals surface area contributed by atoms with Crippen LogP contribution in [0.2, 0.25) is 0 Å². The number of anilines is 1. The zero-order valence-electron chi connectivity index (χ0n) is 13.9. The number of nitrogens with one attached hydrogen (secondary N) is 1. The lowest BCUT2D eigenvalue weighted by Gasteiger charge is -2.26. The van der Waals surface area contributed by atoms with Crippen LogP contribution in [0.15, 0.2) is 71.5 Å². The second kappa shape index (κ2) is 6.69. The van der Waals surface area contributed by atoms with E-state index >= 15 is 0 Å². The molecule has 0 spiro atoms. The van der Waals surface area contributed by atoms with Gasteiger partial charge in [-0.2, -0.15) is 0 Å². The number of hydrogen-bond donors (Lipinski definition) is 1. The zero-order chi connectivity index (χ0) is 17.2. The third-order valence-corrected chi connectivity index (χ3v) is 4.87. The zero-order valence-corrected chi connectivity index (χ0v) is 14.7. The Balaban J connectivity index is 1.77. The molecule has 1 saturated heterocycles. The van der Waals surface area contributed by atoms with Gasteiger partial charge in [-0.25, -0.2) is 0 Å². The molecule has 1 aromatic carbocycles. The largest absolute Gasteiger partial charge is 0.467 e. The van der Waals surface area contributed by atoms with Gasteiger partial charge in [0.05, 0.1) is 18.0 Å². The van der Waals surface area contributed by atoms with E-state index in [1.807, 2.05) is 30.3 Å². The molecule has 0 amide bonds. The van der Waals surface area contributed by atoms with Crippen LogP contribution in [0.25, 0.3) is 0 Å². The highest BCUT2D eigenvalue weighted by molar-refractivity contribution is 7.80. The summed E-state index contributed by atoms with van der Waals surface area (Å²) in [6, 6.07) is 18.2. The minimum Gasteiger partial charge on any atom is -0.467 e. The first kappa shape index (κ1) is 15.8. The van der Waals surface area contributed by atoms with Crippen LogP contribution in [0.3, 0.4) is 0 Å². The number of pyridine rings is 1. The van der Waals surface area contributed by atoms with Crippen molar-refractivity contribution in [3.05, 3.63) is 84.1 Å². The summed E-state index contributed by atoms with van der Waals surface area (Å²) in [4.78, 5) is 6.64. The highest BCUT2D eigenvalue weighted by atomic mass is 32.1. The van der Waals surface area contributed by atoms with Gasteiger partial charge in [0.1, 0.15) is 11.8 Å². The van der Waals surface area contributed by atoms with Crippen molar-refractivity contribution in [1.82, 2.24) is 10.3 Å². The Kier molecular flexibility index (Phi) is 4.24. The van der Waals surface area contributed by atoms with Gasteiger partial charge >= 0.3 is 0 Å². The summed E-state index contributed by atoms with van der Waals surface area (Å²) in [7, 11) is 0. The fraction of sp³-hybridized carbons (Fsp3) is 0.200. The molecule has 2 atom stereocenters. The molecule has 126 valence electrons. The average molecular weight is 349 g/mol. The first-order valence-electron chi connectivity index (χ1n) is 8.41. The average Bonchev–Trinajstić information content (AvgIpc) is 3.30. The molecule has 4 rings (SSSR count). The van der Waals surface area contributed by atoms with Crippen LogP contribution in [0.1, 0.15) is 36.0 Å². The lowest BCUT2D eigenvalue weighted by atomic mass is 10.0. The van der Waals surface area contributed by atoms with Crippen LogP contribution < -0.4 is 10.2 Å². The van der Waals surface area contributed by atoms with E-state index in [4.69, 9.17) is 16.6 Å². The first-order valence-corrected chi connectivity index (χ1v) is 8.81. The summed E-state index contributed by atoms with van der Waals surface area (Å²) in [5, 5.41) is 4.10. The SMILES string of the molecule is CCc1ccc(N2C(=S)N[C@@H](c3ccccn3)[C@@H]2c2ccco2)cc1. The van der Waals surface area contributed by atoms with Crippen molar-refractivity contribution in [1.29, 1.82) is 0 Å². The van der Waals surface area contributed by atoms with Crippen LogP contribution in [0.4, 0.5) is 5.69 Å². The van der Waals surface area contributed by atoms with Gasteiger partial charge < -0.3 is 14.6 Å². The molecule has 0 radical (unpaired) electrons. The summed E-state index contributed by atoms with van der Waals surface area (Å²) < 4.78 is 5.75. The van der Waals surface area contributed by atoms with E-state index in [2.05, 4.69) is 46.4 Å². The lowest BCUT2D eigenvalue weighted by Crippen LogP contribution is -2.29. The Morgan fingerprint density at radius 1 is 1.12 bits per heavy atom. The molecule has 3 heterocycles. The Labute approximate surface area is 152 Å². The van der Waals surface area contributed by atoms with E-state index in [-0.39, 0.29) is 12.1 Å². The number of aromatic nitrogens is 1. The smallest absolute Gasteiger partial charge is 0.174 e. The van der Waals surface area contributed by atoms with Crippen molar-refractivity contribution in [2.24, 2.45) is 0 Å². The fourth-order valence-corrected chi connectivity index (χ4v) is 3.62. The van der Waals surface area contributed by atoms with Gasteiger partial charge in [0.2, 0.25) is 0 Å². The van der Waals surface area contributed by atoms with Crippen molar-refractivity contribution >= 4 is 23.0 Å². The van der Waals surface area contributed by atoms with E-state index in [9.17, 15) is 0 Å². The van der Waals surface area contributed by atoms with Crippen molar-refractivity contribution in [3.63, 3.8) is 0 Å². The molecular weight excluding hydrogens is 330 g/mol. The van der Waals surface area contributed by atoms with E-state index in [0.717, 1.165) is 23.6 Å². The summed E-state index contributed by atoms with van der Waals surface area (Å²) in [6.07, 6.45) is 4.52. The summed E-state index contributed by atoms with van der Waals surface area (Å²) in [5.41, 5.74) is 3.30. The first-order chi connectivity index (χ1) is 12.3. The highest BCUT2D eigenvalue weighted by Gasteiger charge is 2.42. The molecule has 0 unspecified atom stereocenters. The Hall–Kier alpha value is -2.66. The molecule has 1 aliphatic heterocycles. The van der Waals surface area contributed by atoms with Gasteiger partial charge in [0.25, 0.3) is 0 Å². The van der Waals surface area contributed by atoms with Crippen LogP contribution >= 0.6 is 12.2 Å². The van der Waals surface area contributed by atoms with Crippen LogP contribution in [-0.4, -0.2) is 10.1 Å². The van der Waals surface area contributed by atoms with Crippen molar-refractivity contribution in [2.75, 3.05) is 4.90 Å². The van der Waals surface area contributed by atoms with E-state index in [1.54, 1.807) is 12.5 Å². The molecule has 5 heteroatoms. The quantitative estimate of drug-likeness (QED) is 0.707. The van der Waals surface area contributed by atoms with Crippen molar-refractivity contribution in [2.45, 2.75) is 25.4 Å². The minimum absolute atomic E-state index is 0.0642. The maximum absolute atomic E-state index is 5.75. The molecule has 25 heavy (non-hydrogen) atoms. The number of thiocarbonyl (C=S) groups is 1. The second-order valence-corrected chi connectivity index (χ2v) is 6.42. The molecule has 1 aliphatic rings. The molecule has 3 aromatic rings.